The average molecular weight is 372 g/mol. The Kier molecular flexibility index (Phi) is 5.74. The van der Waals surface area contributed by atoms with Gasteiger partial charge in [0, 0.05) is 25.2 Å². The fourth-order valence-corrected chi connectivity index (χ4v) is 4.37. The molecule has 26 heavy (non-hydrogen) atoms. The summed E-state index contributed by atoms with van der Waals surface area (Å²) in [5.41, 5.74) is 2.30. The normalized spacial score (nSPS) is 15.5. The van der Waals surface area contributed by atoms with Crippen LogP contribution in [0.1, 0.15) is 27.9 Å². The monoisotopic (exact) mass is 372 g/mol. The second-order valence-electron chi connectivity index (χ2n) is 6.66. The van der Waals surface area contributed by atoms with E-state index in [1.807, 2.05) is 11.8 Å². The minimum Gasteiger partial charge on any atom is -0.337 e. The smallest absolute Gasteiger partial charge is 0.253 e. The van der Waals surface area contributed by atoms with E-state index in [2.05, 4.69) is 5.32 Å². The molecule has 2 aromatic carbocycles. The number of sulfone groups is 1. The van der Waals surface area contributed by atoms with Crippen molar-refractivity contribution >= 4 is 15.7 Å². The van der Waals surface area contributed by atoms with Gasteiger partial charge in [0.1, 0.15) is 0 Å². The highest BCUT2D eigenvalue weighted by Crippen LogP contribution is 2.18. The van der Waals surface area contributed by atoms with Crippen LogP contribution in [0.2, 0.25) is 0 Å². The van der Waals surface area contributed by atoms with Crippen molar-refractivity contribution in [3.63, 3.8) is 0 Å². The van der Waals surface area contributed by atoms with E-state index in [1.54, 1.807) is 48.5 Å². The Morgan fingerprint density at radius 1 is 1.00 bits per heavy atom. The van der Waals surface area contributed by atoms with Crippen LogP contribution in [0.25, 0.3) is 0 Å². The van der Waals surface area contributed by atoms with Gasteiger partial charge >= 0.3 is 0 Å². The molecule has 0 bridgehead atoms. The largest absolute Gasteiger partial charge is 0.337 e. The summed E-state index contributed by atoms with van der Waals surface area (Å²) in [6.45, 7) is 5.10. The lowest BCUT2D eigenvalue weighted by atomic mass is 10.1. The highest BCUT2D eigenvalue weighted by atomic mass is 32.2. The van der Waals surface area contributed by atoms with E-state index < -0.39 is 9.84 Å². The van der Waals surface area contributed by atoms with Crippen molar-refractivity contribution in [2.24, 2.45) is 0 Å². The van der Waals surface area contributed by atoms with Crippen LogP contribution in [-0.2, 0) is 15.6 Å². The second-order valence-corrected chi connectivity index (χ2v) is 8.65. The third kappa shape index (κ3) is 4.51. The van der Waals surface area contributed by atoms with Gasteiger partial charge in [-0.1, -0.05) is 29.8 Å². The first-order valence-electron chi connectivity index (χ1n) is 8.84. The highest BCUT2D eigenvalue weighted by Gasteiger charge is 2.18. The number of carbonyl (C=O) groups excluding carboxylic acids is 1. The fraction of sp³-hybridized carbons (Fsp3) is 0.350. The van der Waals surface area contributed by atoms with Gasteiger partial charge in [-0.2, -0.15) is 0 Å². The lowest BCUT2D eigenvalue weighted by Crippen LogP contribution is -2.34. The van der Waals surface area contributed by atoms with Crippen LogP contribution < -0.4 is 5.32 Å². The maximum absolute atomic E-state index is 12.6. The molecule has 0 aliphatic carbocycles. The molecular weight excluding hydrogens is 348 g/mol. The first-order valence-corrected chi connectivity index (χ1v) is 10.5. The van der Waals surface area contributed by atoms with Crippen LogP contribution in [0.3, 0.4) is 0 Å². The van der Waals surface area contributed by atoms with Crippen LogP contribution in [0, 0.1) is 6.92 Å². The zero-order chi connectivity index (χ0) is 18.6. The Hall–Kier alpha value is -2.18. The van der Waals surface area contributed by atoms with E-state index >= 15 is 0 Å². The molecule has 1 fully saturated rings. The Labute approximate surface area is 154 Å². The number of carbonyl (C=O) groups is 1. The summed E-state index contributed by atoms with van der Waals surface area (Å²) in [6, 6.07) is 13.8. The summed E-state index contributed by atoms with van der Waals surface area (Å²) in [5, 5.41) is 3.28. The molecule has 1 aliphatic heterocycles. The Morgan fingerprint density at radius 2 is 1.69 bits per heavy atom. The number of hydrogen-bond donors (Lipinski definition) is 1. The van der Waals surface area contributed by atoms with Crippen LogP contribution in [0.4, 0.5) is 0 Å². The first kappa shape index (κ1) is 18.6. The summed E-state index contributed by atoms with van der Waals surface area (Å²) in [7, 11) is -3.39. The van der Waals surface area contributed by atoms with Gasteiger partial charge in [0.2, 0.25) is 0 Å². The molecule has 0 saturated carbocycles. The molecule has 1 N–H and O–H groups in total. The van der Waals surface area contributed by atoms with Gasteiger partial charge in [-0.15, -0.1) is 0 Å². The predicted octanol–water partition coefficient (Wildman–Crippen LogP) is 2.40. The molecule has 0 radical (unpaired) electrons. The molecule has 1 heterocycles. The minimum atomic E-state index is -3.39. The highest BCUT2D eigenvalue weighted by molar-refractivity contribution is 7.90. The van der Waals surface area contributed by atoms with E-state index in [9.17, 15) is 13.2 Å². The van der Waals surface area contributed by atoms with Gasteiger partial charge in [0.25, 0.3) is 5.91 Å². The number of nitrogens with one attached hydrogen (secondary N) is 1. The zero-order valence-corrected chi connectivity index (χ0v) is 15.8. The van der Waals surface area contributed by atoms with Gasteiger partial charge in [0.05, 0.1) is 10.6 Å². The summed E-state index contributed by atoms with van der Waals surface area (Å²) in [4.78, 5) is 14.7. The topological polar surface area (TPSA) is 66.5 Å². The lowest BCUT2D eigenvalue weighted by Gasteiger charge is -2.20. The summed E-state index contributed by atoms with van der Waals surface area (Å²) < 4.78 is 25.1. The molecular formula is C20H24N2O3S. The molecule has 0 unspecified atom stereocenters. The van der Waals surface area contributed by atoms with Crippen molar-refractivity contribution in [3.8, 4) is 0 Å². The van der Waals surface area contributed by atoms with E-state index in [1.165, 1.54) is 0 Å². The SMILES string of the molecule is Cc1ccc(S(=O)(=O)Cc2ccc(C(=O)N3CCCNCC3)cc2)cc1. The van der Waals surface area contributed by atoms with Gasteiger partial charge in [0.15, 0.2) is 9.84 Å². The molecule has 1 aliphatic rings. The van der Waals surface area contributed by atoms with Crippen LogP contribution in [-0.4, -0.2) is 45.4 Å². The molecule has 3 rings (SSSR count). The first-order chi connectivity index (χ1) is 12.5. The standard InChI is InChI=1S/C20H24N2O3S/c1-16-3-9-19(10-4-16)26(24,25)15-17-5-7-18(8-6-17)20(23)22-13-2-11-21-12-14-22/h3-10,21H,2,11-15H2,1H3. The summed E-state index contributed by atoms with van der Waals surface area (Å²) >= 11 is 0. The van der Waals surface area contributed by atoms with Crippen molar-refractivity contribution < 1.29 is 13.2 Å². The van der Waals surface area contributed by atoms with Crippen LogP contribution >= 0.6 is 0 Å². The number of amides is 1. The molecule has 5 nitrogen and oxygen atoms in total. The Bertz CT molecular complexity index is 851. The quantitative estimate of drug-likeness (QED) is 0.895. The molecule has 6 heteroatoms. The van der Waals surface area contributed by atoms with Crippen LogP contribution in [0.5, 0.6) is 0 Å². The molecule has 1 amide bonds. The molecule has 2 aromatic rings. The van der Waals surface area contributed by atoms with E-state index in [0.717, 1.165) is 31.6 Å². The third-order valence-corrected chi connectivity index (χ3v) is 6.27. The van der Waals surface area contributed by atoms with Crippen molar-refractivity contribution in [3.05, 3.63) is 65.2 Å². The van der Waals surface area contributed by atoms with E-state index in [0.29, 0.717) is 22.6 Å². The maximum Gasteiger partial charge on any atom is 0.253 e. The van der Waals surface area contributed by atoms with Gasteiger partial charge < -0.3 is 10.2 Å². The maximum atomic E-state index is 12.6. The molecule has 0 aromatic heterocycles. The predicted molar refractivity (Wildman–Crippen MR) is 102 cm³/mol. The van der Waals surface area contributed by atoms with Gasteiger partial charge in [-0.3, -0.25) is 4.79 Å². The number of rotatable bonds is 4. The number of benzene rings is 2. The Balaban J connectivity index is 1.71. The van der Waals surface area contributed by atoms with Gasteiger partial charge in [-0.25, -0.2) is 8.42 Å². The van der Waals surface area contributed by atoms with Crippen LogP contribution in [0.15, 0.2) is 53.4 Å². The van der Waals surface area contributed by atoms with Crippen molar-refractivity contribution in [1.82, 2.24) is 10.2 Å². The summed E-state index contributed by atoms with van der Waals surface area (Å²) in [5.74, 6) is -0.0697. The molecule has 138 valence electrons. The van der Waals surface area contributed by atoms with Crippen molar-refractivity contribution in [2.75, 3.05) is 26.2 Å². The Morgan fingerprint density at radius 3 is 2.38 bits per heavy atom. The van der Waals surface area contributed by atoms with E-state index in [-0.39, 0.29) is 11.7 Å². The summed E-state index contributed by atoms with van der Waals surface area (Å²) in [6.07, 6.45) is 0.943. The van der Waals surface area contributed by atoms with Gasteiger partial charge in [-0.05, 0) is 49.7 Å². The molecule has 1 saturated heterocycles. The van der Waals surface area contributed by atoms with Crippen molar-refractivity contribution in [2.45, 2.75) is 24.0 Å². The number of hydrogen-bond acceptors (Lipinski definition) is 4. The second kappa shape index (κ2) is 8.01. The molecule has 0 spiro atoms. The zero-order valence-electron chi connectivity index (χ0n) is 14.9. The minimum absolute atomic E-state index is 0.00152. The number of aryl methyl sites for hydroxylation is 1. The lowest BCUT2D eigenvalue weighted by molar-refractivity contribution is 0.0766. The van der Waals surface area contributed by atoms with E-state index in [4.69, 9.17) is 0 Å². The number of nitrogens with zero attached hydrogens (tertiary/aromatic N) is 1. The van der Waals surface area contributed by atoms with Crippen molar-refractivity contribution in [1.29, 1.82) is 0 Å². The third-order valence-electron chi connectivity index (χ3n) is 4.56. The average Bonchev–Trinajstić information content (AvgIpc) is 2.91. The fourth-order valence-electron chi connectivity index (χ4n) is 3.02. The molecule has 0 atom stereocenters.